The van der Waals surface area contributed by atoms with Crippen LogP contribution in [0.4, 0.5) is 4.39 Å². The van der Waals surface area contributed by atoms with Crippen LogP contribution < -0.4 is 5.32 Å². The van der Waals surface area contributed by atoms with Gasteiger partial charge in [-0.1, -0.05) is 0 Å². The summed E-state index contributed by atoms with van der Waals surface area (Å²) in [6.45, 7) is 1.85. The summed E-state index contributed by atoms with van der Waals surface area (Å²) < 4.78 is 15.6. The second-order valence-electron chi connectivity index (χ2n) is 4.31. The Morgan fingerprint density at radius 3 is 3.20 bits per heavy atom. The average molecular weight is 211 g/mol. The topological polar surface area (TPSA) is 29.9 Å². The van der Waals surface area contributed by atoms with Crippen LogP contribution in [0.2, 0.25) is 0 Å². The molecule has 15 heavy (non-hydrogen) atoms. The van der Waals surface area contributed by atoms with Gasteiger partial charge in [0, 0.05) is 32.1 Å². The number of piperidine rings is 1. The summed E-state index contributed by atoms with van der Waals surface area (Å²) in [5, 5.41) is 7.44. The Bertz CT molecular complexity index is 305. The van der Waals surface area contributed by atoms with Gasteiger partial charge in [0.25, 0.3) is 0 Å². The molecule has 4 heteroatoms. The maximum Gasteiger partial charge on any atom is 0.110 e. The van der Waals surface area contributed by atoms with E-state index in [0.717, 1.165) is 31.6 Å². The van der Waals surface area contributed by atoms with Crippen molar-refractivity contribution in [3.8, 4) is 0 Å². The summed E-state index contributed by atoms with van der Waals surface area (Å²) in [5.74, 6) is 0.167. The molecule has 2 unspecified atom stereocenters. The fourth-order valence-corrected chi connectivity index (χ4v) is 2.13. The van der Waals surface area contributed by atoms with Crippen LogP contribution in [0.3, 0.4) is 0 Å². The summed E-state index contributed by atoms with van der Waals surface area (Å²) in [4.78, 5) is 0. The number of rotatable bonds is 3. The molecule has 2 atom stereocenters. The lowest BCUT2D eigenvalue weighted by atomic mass is 9.92. The van der Waals surface area contributed by atoms with E-state index in [-0.39, 0.29) is 5.92 Å². The predicted octanol–water partition coefficient (Wildman–Crippen LogP) is 1.30. The van der Waals surface area contributed by atoms with E-state index in [1.165, 1.54) is 0 Å². The first-order chi connectivity index (χ1) is 7.25. The van der Waals surface area contributed by atoms with E-state index in [1.54, 1.807) is 4.68 Å². The van der Waals surface area contributed by atoms with Crippen molar-refractivity contribution in [3.05, 3.63) is 18.0 Å². The molecule has 0 bridgehead atoms. The molecule has 2 heterocycles. The highest BCUT2D eigenvalue weighted by molar-refractivity contribution is 5.01. The number of alkyl halides is 1. The minimum absolute atomic E-state index is 0.167. The van der Waals surface area contributed by atoms with Crippen molar-refractivity contribution in [2.75, 3.05) is 13.1 Å². The summed E-state index contributed by atoms with van der Waals surface area (Å²) in [6, 6.07) is 1.89. The smallest absolute Gasteiger partial charge is 0.110 e. The monoisotopic (exact) mass is 211 g/mol. The highest BCUT2D eigenvalue weighted by atomic mass is 19.1. The Kier molecular flexibility index (Phi) is 3.36. The van der Waals surface area contributed by atoms with Gasteiger partial charge < -0.3 is 5.32 Å². The first-order valence-corrected chi connectivity index (χ1v) is 5.59. The van der Waals surface area contributed by atoms with Crippen LogP contribution in [0.25, 0.3) is 0 Å². The average Bonchev–Trinajstić information content (AvgIpc) is 2.65. The molecular formula is C11H18FN3. The first kappa shape index (κ1) is 10.6. The standard InChI is InChI=1S/C11H18FN3/c1-15-6-4-10(14-15)7-11(12)9-3-2-5-13-8-9/h4,6,9,11,13H,2-3,5,7-8H2,1H3. The van der Waals surface area contributed by atoms with Gasteiger partial charge in [-0.3, -0.25) is 4.68 Å². The van der Waals surface area contributed by atoms with Crippen molar-refractivity contribution in [2.24, 2.45) is 13.0 Å². The SMILES string of the molecule is Cn1ccc(CC(F)C2CCCNC2)n1. The Labute approximate surface area is 89.7 Å². The molecule has 1 fully saturated rings. The molecule has 1 aliphatic rings. The van der Waals surface area contributed by atoms with E-state index < -0.39 is 6.17 Å². The quantitative estimate of drug-likeness (QED) is 0.816. The fourth-order valence-electron chi connectivity index (χ4n) is 2.13. The van der Waals surface area contributed by atoms with E-state index >= 15 is 0 Å². The van der Waals surface area contributed by atoms with Gasteiger partial charge in [0.05, 0.1) is 5.69 Å². The predicted molar refractivity (Wildman–Crippen MR) is 57.4 cm³/mol. The molecule has 1 aromatic rings. The molecule has 0 spiro atoms. The van der Waals surface area contributed by atoms with Crippen LogP contribution in [0.15, 0.2) is 12.3 Å². The Morgan fingerprint density at radius 1 is 1.73 bits per heavy atom. The molecule has 3 nitrogen and oxygen atoms in total. The Morgan fingerprint density at radius 2 is 2.60 bits per heavy atom. The van der Waals surface area contributed by atoms with Crippen molar-refractivity contribution in [1.29, 1.82) is 0 Å². The molecule has 1 aliphatic heterocycles. The second kappa shape index (κ2) is 4.75. The fraction of sp³-hybridized carbons (Fsp3) is 0.727. The highest BCUT2D eigenvalue weighted by Crippen LogP contribution is 2.19. The molecule has 0 radical (unpaired) electrons. The maximum atomic E-state index is 13.9. The molecule has 0 aliphatic carbocycles. The maximum absolute atomic E-state index is 13.9. The molecule has 0 aromatic carbocycles. The van der Waals surface area contributed by atoms with Gasteiger partial charge in [0.1, 0.15) is 6.17 Å². The van der Waals surface area contributed by atoms with Crippen molar-refractivity contribution < 1.29 is 4.39 Å². The number of hydrogen-bond acceptors (Lipinski definition) is 2. The number of nitrogens with one attached hydrogen (secondary N) is 1. The van der Waals surface area contributed by atoms with Gasteiger partial charge in [0.2, 0.25) is 0 Å². The number of hydrogen-bond donors (Lipinski definition) is 1. The van der Waals surface area contributed by atoms with E-state index in [9.17, 15) is 4.39 Å². The first-order valence-electron chi connectivity index (χ1n) is 5.59. The summed E-state index contributed by atoms with van der Waals surface area (Å²) in [5.41, 5.74) is 0.857. The van der Waals surface area contributed by atoms with Gasteiger partial charge in [-0.15, -0.1) is 0 Å². The number of aryl methyl sites for hydroxylation is 1. The molecule has 1 N–H and O–H groups in total. The molecule has 2 rings (SSSR count). The lowest BCUT2D eigenvalue weighted by Gasteiger charge is -2.25. The van der Waals surface area contributed by atoms with Crippen molar-refractivity contribution in [3.63, 3.8) is 0 Å². The number of halogens is 1. The van der Waals surface area contributed by atoms with Crippen LogP contribution in [0.5, 0.6) is 0 Å². The third-order valence-corrected chi connectivity index (χ3v) is 3.02. The lowest BCUT2D eigenvalue weighted by molar-refractivity contribution is 0.190. The van der Waals surface area contributed by atoms with Gasteiger partial charge >= 0.3 is 0 Å². The van der Waals surface area contributed by atoms with Gasteiger partial charge in [-0.2, -0.15) is 5.10 Å². The normalized spacial score (nSPS) is 24.0. The number of nitrogens with zero attached hydrogens (tertiary/aromatic N) is 2. The molecule has 1 saturated heterocycles. The Hall–Kier alpha value is -0.900. The Balaban J connectivity index is 1.88. The zero-order valence-electron chi connectivity index (χ0n) is 9.12. The molecule has 84 valence electrons. The van der Waals surface area contributed by atoms with Crippen LogP contribution in [0, 0.1) is 5.92 Å². The van der Waals surface area contributed by atoms with Crippen molar-refractivity contribution >= 4 is 0 Å². The van der Waals surface area contributed by atoms with Crippen LogP contribution in [-0.4, -0.2) is 29.0 Å². The van der Waals surface area contributed by atoms with Gasteiger partial charge in [-0.25, -0.2) is 4.39 Å². The molecule has 0 saturated carbocycles. The van der Waals surface area contributed by atoms with Crippen LogP contribution in [0.1, 0.15) is 18.5 Å². The van der Waals surface area contributed by atoms with Crippen molar-refractivity contribution in [1.82, 2.24) is 15.1 Å². The minimum atomic E-state index is -0.757. The molecule has 1 aromatic heterocycles. The van der Waals surface area contributed by atoms with Gasteiger partial charge in [-0.05, 0) is 25.5 Å². The lowest BCUT2D eigenvalue weighted by Crippen LogP contribution is -2.35. The largest absolute Gasteiger partial charge is 0.316 e. The summed E-state index contributed by atoms with van der Waals surface area (Å²) >= 11 is 0. The molecular weight excluding hydrogens is 193 g/mol. The second-order valence-corrected chi connectivity index (χ2v) is 4.31. The minimum Gasteiger partial charge on any atom is -0.316 e. The molecule has 0 amide bonds. The van der Waals surface area contributed by atoms with E-state index in [2.05, 4.69) is 10.4 Å². The van der Waals surface area contributed by atoms with Crippen LogP contribution >= 0.6 is 0 Å². The summed E-state index contributed by atoms with van der Waals surface area (Å²) in [7, 11) is 1.86. The summed E-state index contributed by atoms with van der Waals surface area (Å²) in [6.07, 6.45) is 3.65. The van der Waals surface area contributed by atoms with E-state index in [4.69, 9.17) is 0 Å². The third kappa shape index (κ3) is 2.78. The zero-order chi connectivity index (χ0) is 10.7. The van der Waals surface area contributed by atoms with Crippen LogP contribution in [-0.2, 0) is 13.5 Å². The highest BCUT2D eigenvalue weighted by Gasteiger charge is 2.23. The third-order valence-electron chi connectivity index (χ3n) is 3.02. The number of aromatic nitrogens is 2. The zero-order valence-corrected chi connectivity index (χ0v) is 9.12. The van der Waals surface area contributed by atoms with E-state index in [0.29, 0.717) is 6.42 Å². The van der Waals surface area contributed by atoms with E-state index in [1.807, 2.05) is 19.3 Å². The van der Waals surface area contributed by atoms with Crippen molar-refractivity contribution in [2.45, 2.75) is 25.4 Å². The van der Waals surface area contributed by atoms with Gasteiger partial charge in [0.15, 0.2) is 0 Å².